The van der Waals surface area contributed by atoms with Crippen LogP contribution in [-0.4, -0.2) is 32.2 Å². The SMILES string of the molecule is [B]Oc1ccc(CC(C(=C)C)C(Cc2ccc(O[B])c(O[B])c2)C(=C)C)cc1O[B]. The van der Waals surface area contributed by atoms with E-state index in [9.17, 15) is 0 Å². The zero-order valence-corrected chi connectivity index (χ0v) is 17.4. The van der Waals surface area contributed by atoms with Gasteiger partial charge in [-0.15, -0.1) is 0 Å². The molecule has 0 aliphatic carbocycles. The van der Waals surface area contributed by atoms with Crippen LogP contribution in [0.25, 0.3) is 0 Å². The van der Waals surface area contributed by atoms with E-state index in [1.807, 2.05) is 26.0 Å². The molecular formula is C22H22B4O4. The Morgan fingerprint density at radius 1 is 0.667 bits per heavy atom. The molecule has 8 radical (unpaired) electrons. The van der Waals surface area contributed by atoms with Gasteiger partial charge in [0, 0.05) is 0 Å². The summed E-state index contributed by atoms with van der Waals surface area (Å²) >= 11 is 0. The molecule has 0 aromatic heterocycles. The maximum absolute atomic E-state index is 5.34. The highest BCUT2D eigenvalue weighted by Gasteiger charge is 2.24. The molecule has 0 spiro atoms. The number of allylic oxidation sites excluding steroid dienone is 2. The number of hydrogen-bond acceptors (Lipinski definition) is 4. The molecule has 2 unspecified atom stereocenters. The van der Waals surface area contributed by atoms with Crippen molar-refractivity contribution in [2.45, 2.75) is 26.7 Å². The molecule has 8 heteroatoms. The van der Waals surface area contributed by atoms with E-state index in [0.29, 0.717) is 35.8 Å². The second-order valence-corrected chi connectivity index (χ2v) is 7.35. The fourth-order valence-corrected chi connectivity index (χ4v) is 3.57. The van der Waals surface area contributed by atoms with Gasteiger partial charge < -0.3 is 18.6 Å². The van der Waals surface area contributed by atoms with Gasteiger partial charge in [0.1, 0.15) is 23.0 Å². The second kappa shape index (κ2) is 11.0. The van der Waals surface area contributed by atoms with Gasteiger partial charge in [-0.05, 0) is 73.9 Å². The van der Waals surface area contributed by atoms with E-state index < -0.39 is 0 Å². The topological polar surface area (TPSA) is 36.9 Å². The minimum atomic E-state index is 0.116. The van der Waals surface area contributed by atoms with Gasteiger partial charge in [0.05, 0.1) is 0 Å². The monoisotopic (exact) mass is 394 g/mol. The molecule has 30 heavy (non-hydrogen) atoms. The molecule has 2 atom stereocenters. The first-order valence-electron chi connectivity index (χ1n) is 9.38. The van der Waals surface area contributed by atoms with Crippen LogP contribution in [0.2, 0.25) is 0 Å². The number of benzene rings is 2. The van der Waals surface area contributed by atoms with Crippen LogP contribution in [0.5, 0.6) is 23.0 Å². The molecule has 4 nitrogen and oxygen atoms in total. The Hall–Kier alpha value is -2.62. The third-order valence-electron chi connectivity index (χ3n) is 5.19. The normalized spacial score (nSPS) is 12.5. The van der Waals surface area contributed by atoms with Crippen molar-refractivity contribution in [1.82, 2.24) is 0 Å². The fraction of sp³-hybridized carbons (Fsp3) is 0.273. The summed E-state index contributed by atoms with van der Waals surface area (Å²) < 4.78 is 19.3. The van der Waals surface area contributed by atoms with Crippen molar-refractivity contribution in [3.63, 3.8) is 0 Å². The van der Waals surface area contributed by atoms with Gasteiger partial charge in [-0.2, -0.15) is 0 Å². The highest BCUT2D eigenvalue weighted by Crippen LogP contribution is 2.36. The predicted octanol–water partition coefficient (Wildman–Crippen LogP) is 3.71. The average molecular weight is 394 g/mol. The van der Waals surface area contributed by atoms with Crippen molar-refractivity contribution >= 4 is 32.2 Å². The maximum Gasteiger partial charge on any atom is 0.374 e. The van der Waals surface area contributed by atoms with Gasteiger partial charge in [0.15, 0.2) is 0 Å². The molecule has 0 aliphatic heterocycles. The van der Waals surface area contributed by atoms with Gasteiger partial charge in [-0.3, -0.25) is 0 Å². The average Bonchev–Trinajstić information content (AvgIpc) is 2.75. The number of hydrogen-bond donors (Lipinski definition) is 0. The summed E-state index contributed by atoms with van der Waals surface area (Å²) in [5.74, 6) is 1.69. The van der Waals surface area contributed by atoms with Crippen LogP contribution in [0.4, 0.5) is 0 Å². The van der Waals surface area contributed by atoms with Crippen molar-refractivity contribution in [3.05, 3.63) is 71.8 Å². The van der Waals surface area contributed by atoms with Gasteiger partial charge >= 0.3 is 32.2 Å². The lowest BCUT2D eigenvalue weighted by atomic mass is 9.76. The van der Waals surface area contributed by atoms with Gasteiger partial charge in [-0.25, -0.2) is 0 Å². The molecule has 2 aromatic rings. The molecule has 2 aromatic carbocycles. The molecule has 0 aliphatic rings. The molecule has 0 heterocycles. The fourth-order valence-electron chi connectivity index (χ4n) is 3.57. The maximum atomic E-state index is 5.34. The first-order chi connectivity index (χ1) is 14.3. The Bertz CT molecular complexity index is 827. The molecule has 0 N–H and O–H groups in total. The van der Waals surface area contributed by atoms with Crippen molar-refractivity contribution < 1.29 is 18.6 Å². The Morgan fingerprint density at radius 2 is 1.00 bits per heavy atom. The van der Waals surface area contributed by atoms with E-state index in [2.05, 4.69) is 13.2 Å². The molecular weight excluding hydrogens is 371 g/mol. The molecule has 0 amide bonds. The quantitative estimate of drug-likeness (QED) is 0.431. The summed E-state index contributed by atoms with van der Waals surface area (Å²) in [6.45, 7) is 12.4. The molecule has 0 saturated carbocycles. The van der Waals surface area contributed by atoms with E-state index >= 15 is 0 Å². The smallest absolute Gasteiger partial charge is 0.374 e. The summed E-state index contributed by atoms with van der Waals surface area (Å²) in [7, 11) is 21.2. The molecule has 0 fully saturated rings. The third kappa shape index (κ3) is 5.71. The molecule has 2 rings (SSSR count). The second-order valence-electron chi connectivity index (χ2n) is 7.35. The summed E-state index contributed by atoms with van der Waals surface area (Å²) in [6, 6.07) is 10.9. The highest BCUT2D eigenvalue weighted by molar-refractivity contribution is 6.02. The van der Waals surface area contributed by atoms with Crippen LogP contribution in [0.1, 0.15) is 25.0 Å². The van der Waals surface area contributed by atoms with Gasteiger partial charge in [0.2, 0.25) is 0 Å². The molecule has 0 saturated heterocycles. The van der Waals surface area contributed by atoms with Gasteiger partial charge in [0.25, 0.3) is 0 Å². The van der Waals surface area contributed by atoms with Crippen LogP contribution in [0, 0.1) is 11.8 Å². The van der Waals surface area contributed by atoms with E-state index in [1.54, 1.807) is 24.3 Å². The molecule has 0 bridgehead atoms. The summed E-state index contributed by atoms with van der Waals surface area (Å²) in [5, 5.41) is 0. The lowest BCUT2D eigenvalue weighted by Gasteiger charge is -2.29. The van der Waals surface area contributed by atoms with Crippen molar-refractivity contribution in [1.29, 1.82) is 0 Å². The van der Waals surface area contributed by atoms with Crippen LogP contribution in [-0.2, 0) is 12.8 Å². The number of rotatable bonds is 11. The third-order valence-corrected chi connectivity index (χ3v) is 5.19. The zero-order valence-electron chi connectivity index (χ0n) is 17.4. The van der Waals surface area contributed by atoms with E-state index in [-0.39, 0.29) is 11.8 Å². The van der Waals surface area contributed by atoms with Crippen molar-refractivity contribution in [2.75, 3.05) is 0 Å². The Morgan fingerprint density at radius 3 is 1.27 bits per heavy atom. The van der Waals surface area contributed by atoms with E-state index in [0.717, 1.165) is 22.3 Å². The minimum Gasteiger partial charge on any atom is -0.565 e. The summed E-state index contributed by atoms with van der Waals surface area (Å²) in [6.07, 6.45) is 1.41. The molecule has 146 valence electrons. The predicted molar refractivity (Wildman–Crippen MR) is 122 cm³/mol. The van der Waals surface area contributed by atoms with Crippen LogP contribution < -0.4 is 18.6 Å². The first kappa shape index (κ1) is 23.7. The van der Waals surface area contributed by atoms with Crippen LogP contribution >= 0.6 is 0 Å². The lowest BCUT2D eigenvalue weighted by molar-refractivity contribution is 0.426. The Balaban J connectivity index is 2.33. The summed E-state index contributed by atoms with van der Waals surface area (Å²) in [5.41, 5.74) is 4.09. The minimum absolute atomic E-state index is 0.116. The van der Waals surface area contributed by atoms with Gasteiger partial charge in [-0.1, -0.05) is 36.4 Å². The highest BCUT2D eigenvalue weighted by atomic mass is 16.5. The Labute approximate surface area is 184 Å². The van der Waals surface area contributed by atoms with Crippen LogP contribution in [0.3, 0.4) is 0 Å². The standard InChI is InChI=1S/C22H22B4O4/c1-13(2)17(9-15-5-7-19(27-23)21(11-15)29-25)18(14(3)4)10-16-6-8-20(28-24)22(12-16)30-26/h5-8,11-12,17-18H,1,3,9-10H2,2,4H3. The van der Waals surface area contributed by atoms with Crippen molar-refractivity contribution in [2.24, 2.45) is 11.8 Å². The van der Waals surface area contributed by atoms with E-state index in [4.69, 9.17) is 50.8 Å². The zero-order chi connectivity index (χ0) is 22.3. The first-order valence-corrected chi connectivity index (χ1v) is 9.38. The Kier molecular flexibility index (Phi) is 8.64. The van der Waals surface area contributed by atoms with Crippen molar-refractivity contribution in [3.8, 4) is 23.0 Å². The van der Waals surface area contributed by atoms with Crippen LogP contribution in [0.15, 0.2) is 60.7 Å². The largest absolute Gasteiger partial charge is 0.565 e. The van der Waals surface area contributed by atoms with E-state index in [1.165, 1.54) is 0 Å². The summed E-state index contributed by atoms with van der Waals surface area (Å²) in [4.78, 5) is 0. The lowest BCUT2D eigenvalue weighted by Crippen LogP contribution is -2.21.